The van der Waals surface area contributed by atoms with Crippen molar-refractivity contribution in [3.8, 4) is 10.6 Å². The SMILES string of the molecule is CC(C)(C)c1ccc(C(=O)NCc2ccc(-c3nn4cnnc4s3)cc2)cc1. The van der Waals surface area contributed by atoms with Crippen molar-refractivity contribution in [1.82, 2.24) is 25.1 Å². The lowest BCUT2D eigenvalue weighted by Gasteiger charge is -2.19. The molecule has 0 aliphatic rings. The van der Waals surface area contributed by atoms with E-state index in [1.165, 1.54) is 16.9 Å². The van der Waals surface area contributed by atoms with Gasteiger partial charge < -0.3 is 5.32 Å². The minimum atomic E-state index is -0.0711. The second-order valence-electron chi connectivity index (χ2n) is 7.67. The van der Waals surface area contributed by atoms with E-state index >= 15 is 0 Å². The maximum atomic E-state index is 12.4. The van der Waals surface area contributed by atoms with E-state index in [-0.39, 0.29) is 11.3 Å². The summed E-state index contributed by atoms with van der Waals surface area (Å²) in [7, 11) is 0. The molecule has 1 amide bonds. The molecule has 0 atom stereocenters. The normalized spacial score (nSPS) is 11.7. The number of nitrogens with one attached hydrogen (secondary N) is 1. The first-order valence-corrected chi connectivity index (χ1v) is 9.87. The maximum Gasteiger partial charge on any atom is 0.251 e. The molecule has 6 nitrogen and oxygen atoms in total. The largest absolute Gasteiger partial charge is 0.348 e. The van der Waals surface area contributed by atoms with Crippen LogP contribution in [0.15, 0.2) is 54.9 Å². The van der Waals surface area contributed by atoms with Crippen molar-refractivity contribution in [2.45, 2.75) is 32.7 Å². The highest BCUT2D eigenvalue weighted by molar-refractivity contribution is 7.19. The molecule has 2 aromatic carbocycles. The summed E-state index contributed by atoms with van der Waals surface area (Å²) in [6.07, 6.45) is 1.59. The van der Waals surface area contributed by atoms with Gasteiger partial charge in [0.1, 0.15) is 11.3 Å². The van der Waals surface area contributed by atoms with Gasteiger partial charge in [-0.25, -0.2) is 0 Å². The van der Waals surface area contributed by atoms with Gasteiger partial charge in [-0.3, -0.25) is 4.79 Å². The number of aromatic nitrogens is 4. The average molecular weight is 392 g/mol. The zero-order chi connectivity index (χ0) is 19.7. The first kappa shape index (κ1) is 18.3. The molecule has 0 unspecified atom stereocenters. The van der Waals surface area contributed by atoms with Crippen molar-refractivity contribution >= 4 is 22.2 Å². The minimum Gasteiger partial charge on any atom is -0.348 e. The Morgan fingerprint density at radius 3 is 2.43 bits per heavy atom. The van der Waals surface area contributed by atoms with E-state index in [2.05, 4.69) is 41.4 Å². The average Bonchev–Trinajstić information content (AvgIpc) is 3.28. The van der Waals surface area contributed by atoms with Crippen LogP contribution < -0.4 is 5.32 Å². The molecule has 0 fully saturated rings. The summed E-state index contributed by atoms with van der Waals surface area (Å²) in [6.45, 7) is 6.95. The van der Waals surface area contributed by atoms with Crippen molar-refractivity contribution < 1.29 is 4.79 Å². The number of benzene rings is 2. The van der Waals surface area contributed by atoms with E-state index < -0.39 is 0 Å². The topological polar surface area (TPSA) is 72.2 Å². The molecule has 0 spiro atoms. The van der Waals surface area contributed by atoms with Crippen LogP contribution in [0.4, 0.5) is 0 Å². The minimum absolute atomic E-state index is 0.0711. The van der Waals surface area contributed by atoms with E-state index in [1.54, 1.807) is 10.8 Å². The standard InChI is InChI=1S/C21H21N5OS/c1-21(2,3)17-10-8-15(9-11-17)18(27)22-12-14-4-6-16(7-5-14)19-25-26-13-23-24-20(26)28-19/h4-11,13H,12H2,1-3H3,(H,22,27). The lowest BCUT2D eigenvalue weighted by atomic mass is 9.87. The molecule has 142 valence electrons. The fourth-order valence-electron chi connectivity index (χ4n) is 2.85. The molecule has 4 rings (SSSR count). The van der Waals surface area contributed by atoms with Crippen LogP contribution in [0.2, 0.25) is 0 Å². The van der Waals surface area contributed by atoms with Gasteiger partial charge in [0, 0.05) is 17.7 Å². The Bertz CT molecular complexity index is 1080. The molecule has 2 aromatic heterocycles. The summed E-state index contributed by atoms with van der Waals surface area (Å²) in [5, 5.41) is 16.1. The van der Waals surface area contributed by atoms with Crippen molar-refractivity contribution in [2.24, 2.45) is 0 Å². The van der Waals surface area contributed by atoms with Gasteiger partial charge in [-0.1, -0.05) is 68.5 Å². The van der Waals surface area contributed by atoms with Crippen LogP contribution in [0.5, 0.6) is 0 Å². The predicted molar refractivity (Wildman–Crippen MR) is 110 cm³/mol. The summed E-state index contributed by atoms with van der Waals surface area (Å²) in [6, 6.07) is 15.8. The molecule has 28 heavy (non-hydrogen) atoms. The van der Waals surface area contributed by atoms with Crippen LogP contribution in [0, 0.1) is 0 Å². The van der Waals surface area contributed by atoms with Gasteiger partial charge >= 0.3 is 0 Å². The third kappa shape index (κ3) is 3.80. The number of nitrogens with zero attached hydrogens (tertiary/aromatic N) is 4. The van der Waals surface area contributed by atoms with E-state index in [9.17, 15) is 4.79 Å². The fourth-order valence-corrected chi connectivity index (χ4v) is 3.67. The van der Waals surface area contributed by atoms with Crippen LogP contribution in [-0.2, 0) is 12.0 Å². The number of hydrogen-bond acceptors (Lipinski definition) is 5. The summed E-state index contributed by atoms with van der Waals surface area (Å²) < 4.78 is 1.67. The van der Waals surface area contributed by atoms with Crippen LogP contribution in [-0.4, -0.2) is 25.7 Å². The van der Waals surface area contributed by atoms with Gasteiger partial charge in [0.05, 0.1) is 0 Å². The zero-order valence-electron chi connectivity index (χ0n) is 16.0. The van der Waals surface area contributed by atoms with Crippen LogP contribution in [0.3, 0.4) is 0 Å². The van der Waals surface area contributed by atoms with Crippen molar-refractivity contribution in [3.05, 3.63) is 71.5 Å². The van der Waals surface area contributed by atoms with Gasteiger partial charge in [-0.15, -0.1) is 10.2 Å². The van der Waals surface area contributed by atoms with Gasteiger partial charge in [0.2, 0.25) is 4.96 Å². The van der Waals surface area contributed by atoms with Crippen LogP contribution in [0.1, 0.15) is 42.3 Å². The molecule has 0 saturated carbocycles. The quantitative estimate of drug-likeness (QED) is 0.569. The predicted octanol–water partition coefficient (Wildman–Crippen LogP) is 4.08. The lowest BCUT2D eigenvalue weighted by molar-refractivity contribution is 0.0951. The highest BCUT2D eigenvalue weighted by Gasteiger charge is 2.14. The van der Waals surface area contributed by atoms with Gasteiger partial charge in [0.15, 0.2) is 0 Å². The Kier molecular flexibility index (Phi) is 4.68. The second-order valence-corrected chi connectivity index (χ2v) is 8.63. The summed E-state index contributed by atoms with van der Waals surface area (Å²) in [5.74, 6) is -0.0711. The van der Waals surface area contributed by atoms with E-state index in [0.717, 1.165) is 21.1 Å². The van der Waals surface area contributed by atoms with Crippen molar-refractivity contribution in [3.63, 3.8) is 0 Å². The van der Waals surface area contributed by atoms with Crippen molar-refractivity contribution in [2.75, 3.05) is 0 Å². The van der Waals surface area contributed by atoms with Crippen molar-refractivity contribution in [1.29, 1.82) is 0 Å². The Labute approximate surface area is 167 Å². The molecule has 7 heteroatoms. The molecule has 1 N–H and O–H groups in total. The monoisotopic (exact) mass is 391 g/mol. The van der Waals surface area contributed by atoms with Crippen LogP contribution >= 0.6 is 11.3 Å². The molecule has 0 saturated heterocycles. The van der Waals surface area contributed by atoms with E-state index in [1.807, 2.05) is 48.5 Å². The molecular weight excluding hydrogens is 370 g/mol. The maximum absolute atomic E-state index is 12.4. The smallest absolute Gasteiger partial charge is 0.251 e. The number of hydrogen-bond donors (Lipinski definition) is 1. The number of carbonyl (C=O) groups is 1. The Hall–Kier alpha value is -3.06. The third-order valence-corrected chi connectivity index (χ3v) is 5.52. The summed E-state index contributed by atoms with van der Waals surface area (Å²) >= 11 is 1.49. The molecule has 4 aromatic rings. The van der Waals surface area contributed by atoms with Gasteiger partial charge in [0.25, 0.3) is 5.91 Å². The highest BCUT2D eigenvalue weighted by Crippen LogP contribution is 2.25. The van der Waals surface area contributed by atoms with Gasteiger partial charge in [-0.2, -0.15) is 9.61 Å². The third-order valence-electron chi connectivity index (χ3n) is 4.55. The van der Waals surface area contributed by atoms with Crippen LogP contribution in [0.25, 0.3) is 15.5 Å². The Balaban J connectivity index is 1.39. The molecule has 0 bridgehead atoms. The summed E-state index contributed by atoms with van der Waals surface area (Å²) in [5.41, 5.74) is 4.01. The van der Waals surface area contributed by atoms with E-state index in [0.29, 0.717) is 12.1 Å². The molecule has 0 radical (unpaired) electrons. The summed E-state index contributed by atoms with van der Waals surface area (Å²) in [4.78, 5) is 13.2. The Morgan fingerprint density at radius 2 is 1.79 bits per heavy atom. The number of carbonyl (C=O) groups excluding carboxylic acids is 1. The van der Waals surface area contributed by atoms with Gasteiger partial charge in [-0.05, 0) is 28.7 Å². The first-order valence-electron chi connectivity index (χ1n) is 9.05. The Morgan fingerprint density at radius 1 is 1.07 bits per heavy atom. The highest BCUT2D eigenvalue weighted by atomic mass is 32.1. The second kappa shape index (κ2) is 7.16. The molecule has 0 aliphatic carbocycles. The van der Waals surface area contributed by atoms with E-state index in [4.69, 9.17) is 0 Å². The fraction of sp³-hybridized carbons (Fsp3) is 0.238. The lowest BCUT2D eigenvalue weighted by Crippen LogP contribution is -2.23. The molecular formula is C21H21N5OS. The molecule has 0 aliphatic heterocycles. The first-order chi connectivity index (χ1) is 13.4. The molecule has 2 heterocycles. The number of amides is 1. The number of fused-ring (bicyclic) bond motifs is 1. The zero-order valence-corrected chi connectivity index (χ0v) is 16.8. The number of rotatable bonds is 4.